The molecular formula is C16H23FN2O2. The molecule has 1 fully saturated rings. The number of halogens is 1. The molecule has 2 rings (SSSR count). The molecule has 4 nitrogen and oxygen atoms in total. The van der Waals surface area contributed by atoms with E-state index in [1.54, 1.807) is 18.2 Å². The minimum atomic E-state index is -0.403. The third-order valence-electron chi connectivity index (χ3n) is 3.96. The van der Waals surface area contributed by atoms with Crippen LogP contribution in [0.3, 0.4) is 0 Å². The molecule has 1 aliphatic heterocycles. The summed E-state index contributed by atoms with van der Waals surface area (Å²) < 4.78 is 18.7. The molecule has 0 bridgehead atoms. The van der Waals surface area contributed by atoms with E-state index in [1.165, 1.54) is 6.07 Å². The first kappa shape index (κ1) is 15.8. The Morgan fingerprint density at radius 3 is 3.00 bits per heavy atom. The fraction of sp³-hybridized carbons (Fsp3) is 0.562. The van der Waals surface area contributed by atoms with Gasteiger partial charge in [-0.3, -0.25) is 4.79 Å². The van der Waals surface area contributed by atoms with E-state index in [2.05, 4.69) is 0 Å². The van der Waals surface area contributed by atoms with Crippen molar-refractivity contribution in [3.63, 3.8) is 0 Å². The summed E-state index contributed by atoms with van der Waals surface area (Å²) in [5.41, 5.74) is 5.92. The van der Waals surface area contributed by atoms with E-state index < -0.39 is 5.82 Å². The first-order chi connectivity index (χ1) is 10.1. The molecule has 2 N–H and O–H groups in total. The predicted molar refractivity (Wildman–Crippen MR) is 79.5 cm³/mol. The highest BCUT2D eigenvalue weighted by molar-refractivity contribution is 5.76. The molecule has 2 atom stereocenters. The summed E-state index contributed by atoms with van der Waals surface area (Å²) in [6.07, 6.45) is 2.33. The molecule has 1 amide bonds. The molecule has 1 aromatic rings. The van der Waals surface area contributed by atoms with Crippen molar-refractivity contribution in [3.05, 3.63) is 30.1 Å². The van der Waals surface area contributed by atoms with Crippen molar-refractivity contribution in [2.24, 2.45) is 11.7 Å². The first-order valence-corrected chi connectivity index (χ1v) is 7.48. The number of hydrogen-bond donors (Lipinski definition) is 1. The maximum atomic E-state index is 13.4. The van der Waals surface area contributed by atoms with Crippen LogP contribution >= 0.6 is 0 Å². The molecule has 1 aromatic carbocycles. The van der Waals surface area contributed by atoms with E-state index in [4.69, 9.17) is 10.5 Å². The van der Waals surface area contributed by atoms with Crippen molar-refractivity contribution in [3.8, 4) is 5.75 Å². The number of piperidine rings is 1. The molecule has 0 aromatic heterocycles. The maximum Gasteiger partial charge on any atom is 0.226 e. The number of para-hydroxylation sites is 1. The molecule has 0 aliphatic carbocycles. The number of amides is 1. The van der Waals surface area contributed by atoms with E-state index in [1.807, 2.05) is 11.8 Å². The van der Waals surface area contributed by atoms with Crippen LogP contribution in [-0.4, -0.2) is 36.5 Å². The van der Waals surface area contributed by atoms with E-state index in [9.17, 15) is 9.18 Å². The molecule has 21 heavy (non-hydrogen) atoms. The second-order valence-corrected chi connectivity index (χ2v) is 5.63. The van der Waals surface area contributed by atoms with Crippen molar-refractivity contribution in [2.75, 3.05) is 19.7 Å². The Morgan fingerprint density at radius 1 is 1.52 bits per heavy atom. The van der Waals surface area contributed by atoms with Gasteiger partial charge in [-0.1, -0.05) is 12.1 Å². The summed E-state index contributed by atoms with van der Waals surface area (Å²) in [6.45, 7) is 3.68. The Balaban J connectivity index is 1.78. The van der Waals surface area contributed by atoms with Crippen molar-refractivity contribution in [1.29, 1.82) is 0 Å². The van der Waals surface area contributed by atoms with Gasteiger partial charge in [0.2, 0.25) is 5.91 Å². The number of benzene rings is 1. The van der Waals surface area contributed by atoms with Crippen LogP contribution in [0, 0.1) is 11.7 Å². The second kappa shape index (κ2) is 7.41. The summed E-state index contributed by atoms with van der Waals surface area (Å²) in [6, 6.07) is 6.32. The van der Waals surface area contributed by atoms with Gasteiger partial charge in [0.25, 0.3) is 0 Å². The minimum absolute atomic E-state index is 0.0525. The van der Waals surface area contributed by atoms with Crippen LogP contribution in [0.4, 0.5) is 4.39 Å². The number of rotatable bonds is 5. The smallest absolute Gasteiger partial charge is 0.226 e. The Morgan fingerprint density at radius 2 is 2.29 bits per heavy atom. The predicted octanol–water partition coefficient (Wildman–Crippen LogP) is 2.18. The fourth-order valence-corrected chi connectivity index (χ4v) is 2.63. The Kier molecular flexibility index (Phi) is 5.56. The monoisotopic (exact) mass is 294 g/mol. The summed E-state index contributed by atoms with van der Waals surface area (Å²) in [5, 5.41) is 0. The average Bonchev–Trinajstić information content (AvgIpc) is 2.49. The van der Waals surface area contributed by atoms with Crippen molar-refractivity contribution >= 4 is 5.91 Å². The molecule has 1 aliphatic rings. The van der Waals surface area contributed by atoms with Gasteiger partial charge in [0.1, 0.15) is 0 Å². The summed E-state index contributed by atoms with van der Waals surface area (Å²) in [7, 11) is 0. The van der Waals surface area contributed by atoms with Crippen LogP contribution in [-0.2, 0) is 4.79 Å². The number of carbonyl (C=O) groups excluding carboxylic acids is 1. The highest BCUT2D eigenvalue weighted by Gasteiger charge is 2.25. The third-order valence-corrected chi connectivity index (χ3v) is 3.96. The Bertz CT molecular complexity index is 479. The lowest BCUT2D eigenvalue weighted by molar-refractivity contribution is -0.133. The van der Waals surface area contributed by atoms with Gasteiger partial charge in [-0.25, -0.2) is 4.39 Å². The number of nitrogens with two attached hydrogens (primary N) is 1. The molecule has 5 heteroatoms. The number of likely N-dealkylation sites (tertiary alicyclic amines) is 1. The zero-order valence-corrected chi connectivity index (χ0v) is 12.4. The molecule has 1 saturated heterocycles. The lowest BCUT2D eigenvalue weighted by Gasteiger charge is -2.34. The highest BCUT2D eigenvalue weighted by atomic mass is 19.1. The van der Waals surface area contributed by atoms with Crippen molar-refractivity contribution in [1.82, 2.24) is 4.90 Å². The lowest BCUT2D eigenvalue weighted by atomic mass is 9.92. The largest absolute Gasteiger partial charge is 0.490 e. The third kappa shape index (κ3) is 4.43. The van der Waals surface area contributed by atoms with Gasteiger partial charge in [-0.05, 0) is 37.8 Å². The standard InChI is InChI=1S/C16H23FN2O2/c1-12(18)13-5-4-9-19(11-13)16(20)8-10-21-15-7-3-2-6-14(15)17/h2-3,6-7,12-13H,4-5,8-11,18H2,1H3/t12-,13+/m1/s1. The number of hydrogen-bond acceptors (Lipinski definition) is 3. The number of nitrogens with zero attached hydrogens (tertiary/aromatic N) is 1. The van der Waals surface area contributed by atoms with Crippen LogP contribution in [0.5, 0.6) is 5.75 Å². The molecular weight excluding hydrogens is 271 g/mol. The van der Waals surface area contributed by atoms with Gasteiger partial charge in [-0.2, -0.15) is 0 Å². The van der Waals surface area contributed by atoms with E-state index in [0.717, 1.165) is 25.9 Å². The Labute approximate surface area is 125 Å². The summed E-state index contributed by atoms with van der Waals surface area (Å²) in [5.74, 6) is 0.212. The van der Waals surface area contributed by atoms with Gasteiger partial charge in [-0.15, -0.1) is 0 Å². The van der Waals surface area contributed by atoms with Crippen molar-refractivity contribution in [2.45, 2.75) is 32.2 Å². The van der Waals surface area contributed by atoms with Crippen LogP contribution in [0.1, 0.15) is 26.2 Å². The van der Waals surface area contributed by atoms with Gasteiger partial charge in [0.15, 0.2) is 11.6 Å². The normalized spacial score (nSPS) is 20.1. The summed E-state index contributed by atoms with van der Waals surface area (Å²) >= 11 is 0. The van der Waals surface area contributed by atoms with Gasteiger partial charge >= 0.3 is 0 Å². The first-order valence-electron chi connectivity index (χ1n) is 7.48. The van der Waals surface area contributed by atoms with Gasteiger partial charge in [0.05, 0.1) is 13.0 Å². The second-order valence-electron chi connectivity index (χ2n) is 5.63. The molecule has 0 saturated carbocycles. The van der Waals surface area contributed by atoms with Crippen LogP contribution in [0.25, 0.3) is 0 Å². The fourth-order valence-electron chi connectivity index (χ4n) is 2.63. The lowest BCUT2D eigenvalue weighted by Crippen LogP contribution is -2.45. The highest BCUT2D eigenvalue weighted by Crippen LogP contribution is 2.20. The molecule has 1 heterocycles. The van der Waals surface area contributed by atoms with Crippen LogP contribution < -0.4 is 10.5 Å². The number of ether oxygens (including phenoxy) is 1. The van der Waals surface area contributed by atoms with E-state index >= 15 is 0 Å². The zero-order valence-electron chi connectivity index (χ0n) is 12.4. The quantitative estimate of drug-likeness (QED) is 0.905. The van der Waals surface area contributed by atoms with Crippen molar-refractivity contribution < 1.29 is 13.9 Å². The zero-order chi connectivity index (χ0) is 15.2. The van der Waals surface area contributed by atoms with Crippen LogP contribution in [0.2, 0.25) is 0 Å². The van der Waals surface area contributed by atoms with E-state index in [-0.39, 0.29) is 30.7 Å². The Hall–Kier alpha value is -1.62. The average molecular weight is 294 g/mol. The van der Waals surface area contributed by atoms with E-state index in [0.29, 0.717) is 5.92 Å². The molecule has 0 radical (unpaired) electrons. The molecule has 0 unspecified atom stereocenters. The minimum Gasteiger partial charge on any atom is -0.490 e. The maximum absolute atomic E-state index is 13.4. The topological polar surface area (TPSA) is 55.6 Å². The SMILES string of the molecule is C[C@@H](N)[C@H]1CCCN(C(=O)CCOc2ccccc2F)C1. The molecule has 116 valence electrons. The van der Waals surface area contributed by atoms with Crippen LogP contribution in [0.15, 0.2) is 24.3 Å². The molecule has 0 spiro atoms. The summed E-state index contributed by atoms with van der Waals surface area (Å²) in [4.78, 5) is 14.0. The van der Waals surface area contributed by atoms with Gasteiger partial charge < -0.3 is 15.4 Å². The number of carbonyl (C=O) groups is 1. The van der Waals surface area contributed by atoms with Gasteiger partial charge in [0, 0.05) is 19.1 Å².